The molecule has 0 saturated carbocycles. The number of hydrogen-bond acceptors (Lipinski definition) is 7. The van der Waals surface area contributed by atoms with E-state index in [4.69, 9.17) is 9.47 Å². The molecule has 1 heterocycles. The molecule has 0 aromatic heterocycles. The van der Waals surface area contributed by atoms with Crippen LogP contribution in [-0.4, -0.2) is 29.9 Å². The zero-order chi connectivity index (χ0) is 21.0. The number of amides is 4. The zero-order valence-electron chi connectivity index (χ0n) is 15.1. The third-order valence-electron chi connectivity index (χ3n) is 4.00. The summed E-state index contributed by atoms with van der Waals surface area (Å²) >= 11 is 0. The quantitative estimate of drug-likeness (QED) is 0.329. The number of barbiturate groups is 1. The second-order valence-corrected chi connectivity index (χ2v) is 5.89. The maximum Gasteiger partial charge on any atom is 0.328 e. The van der Waals surface area contributed by atoms with E-state index in [2.05, 4.69) is 0 Å². The first-order valence-electron chi connectivity index (χ1n) is 8.30. The number of non-ortho nitro benzene ring substituents is 1. The van der Waals surface area contributed by atoms with Crippen molar-refractivity contribution in [1.29, 1.82) is 0 Å². The van der Waals surface area contributed by atoms with Gasteiger partial charge in [-0.05, 0) is 29.8 Å². The van der Waals surface area contributed by atoms with E-state index in [1.165, 1.54) is 25.3 Å². The minimum atomic E-state index is -0.891. The topological polar surface area (TPSA) is 137 Å². The Balaban J connectivity index is 1.89. The average Bonchev–Trinajstić information content (AvgIpc) is 2.69. The first-order valence-corrected chi connectivity index (χ1v) is 8.30. The smallest absolute Gasteiger partial charge is 0.328 e. The van der Waals surface area contributed by atoms with Crippen LogP contribution in [0.25, 0.3) is 6.08 Å². The highest BCUT2D eigenvalue weighted by Gasteiger charge is 2.28. The second-order valence-electron chi connectivity index (χ2n) is 5.89. The van der Waals surface area contributed by atoms with Crippen molar-refractivity contribution in [3.05, 3.63) is 69.3 Å². The van der Waals surface area contributed by atoms with Crippen LogP contribution in [0, 0.1) is 10.1 Å². The number of urea groups is 1. The molecule has 1 aliphatic rings. The van der Waals surface area contributed by atoms with Crippen molar-refractivity contribution in [2.24, 2.45) is 0 Å². The number of nitrogens with one attached hydrogen (secondary N) is 2. The molecule has 3 rings (SSSR count). The van der Waals surface area contributed by atoms with Crippen molar-refractivity contribution < 1.29 is 28.8 Å². The van der Waals surface area contributed by atoms with E-state index >= 15 is 0 Å². The van der Waals surface area contributed by atoms with Crippen LogP contribution in [0.5, 0.6) is 11.5 Å². The van der Waals surface area contributed by atoms with Crippen LogP contribution in [0.2, 0.25) is 0 Å². The van der Waals surface area contributed by atoms with Crippen LogP contribution in [-0.2, 0) is 16.2 Å². The van der Waals surface area contributed by atoms with E-state index in [0.717, 1.165) is 0 Å². The van der Waals surface area contributed by atoms with Gasteiger partial charge in [0.15, 0.2) is 11.5 Å². The summed E-state index contributed by atoms with van der Waals surface area (Å²) in [5, 5.41) is 14.7. The van der Waals surface area contributed by atoms with Gasteiger partial charge in [-0.1, -0.05) is 12.1 Å². The lowest BCUT2D eigenvalue weighted by Gasteiger charge is -2.16. The van der Waals surface area contributed by atoms with Gasteiger partial charge in [0.1, 0.15) is 12.2 Å². The van der Waals surface area contributed by atoms with Crippen LogP contribution in [0.15, 0.2) is 48.0 Å². The minimum Gasteiger partial charge on any atom is -0.493 e. The zero-order valence-corrected chi connectivity index (χ0v) is 15.1. The molecule has 148 valence electrons. The normalized spacial score (nSPS) is 13.4. The molecular weight excluding hydrogens is 382 g/mol. The number of methoxy groups -OCH3 is 1. The van der Waals surface area contributed by atoms with Gasteiger partial charge in [0.25, 0.3) is 17.5 Å². The fourth-order valence-corrected chi connectivity index (χ4v) is 2.59. The van der Waals surface area contributed by atoms with Gasteiger partial charge in [0.2, 0.25) is 0 Å². The Morgan fingerprint density at radius 3 is 2.28 bits per heavy atom. The Morgan fingerprint density at radius 1 is 1.03 bits per heavy atom. The van der Waals surface area contributed by atoms with Gasteiger partial charge >= 0.3 is 6.03 Å². The van der Waals surface area contributed by atoms with Gasteiger partial charge in [-0.25, -0.2) is 4.79 Å². The molecule has 2 N–H and O–H groups in total. The van der Waals surface area contributed by atoms with Crippen LogP contribution in [0.3, 0.4) is 0 Å². The molecule has 10 nitrogen and oxygen atoms in total. The average molecular weight is 397 g/mol. The highest BCUT2D eigenvalue weighted by atomic mass is 16.6. The molecule has 1 fully saturated rings. The van der Waals surface area contributed by atoms with Gasteiger partial charge in [-0.3, -0.25) is 30.3 Å². The summed E-state index contributed by atoms with van der Waals surface area (Å²) in [6, 6.07) is 9.83. The first kappa shape index (κ1) is 19.5. The fourth-order valence-electron chi connectivity index (χ4n) is 2.59. The summed E-state index contributed by atoms with van der Waals surface area (Å²) in [6.45, 7) is 0.0609. The Labute approximate surface area is 164 Å². The monoisotopic (exact) mass is 397 g/mol. The number of hydrogen-bond donors (Lipinski definition) is 2. The van der Waals surface area contributed by atoms with E-state index in [1.807, 2.05) is 10.6 Å². The summed E-state index contributed by atoms with van der Waals surface area (Å²) in [4.78, 5) is 45.4. The lowest BCUT2D eigenvalue weighted by Crippen LogP contribution is -2.51. The van der Waals surface area contributed by atoms with Gasteiger partial charge in [-0.15, -0.1) is 0 Å². The molecule has 0 spiro atoms. The molecule has 0 aliphatic carbocycles. The summed E-state index contributed by atoms with van der Waals surface area (Å²) < 4.78 is 11.1. The maximum absolute atomic E-state index is 12.0. The van der Waals surface area contributed by atoms with Crippen LogP contribution < -0.4 is 20.1 Å². The molecule has 2 aromatic rings. The standard InChI is InChI=1S/C19H15N3O7/c1-28-15-4-2-3-12(9-14-17(23)20-19(25)21-18(14)24)16(15)29-10-11-5-7-13(8-6-11)22(26)27/h2-9H,10H2,1H3,(H2,20,21,23,24,25). The molecule has 1 aliphatic heterocycles. The molecule has 0 atom stereocenters. The van der Waals surface area contributed by atoms with Crippen molar-refractivity contribution >= 4 is 29.6 Å². The summed E-state index contributed by atoms with van der Waals surface area (Å²) in [7, 11) is 1.43. The Hall–Kier alpha value is -4.21. The van der Waals surface area contributed by atoms with E-state index in [0.29, 0.717) is 16.9 Å². The van der Waals surface area contributed by atoms with E-state index < -0.39 is 22.8 Å². The third kappa shape index (κ3) is 4.38. The lowest BCUT2D eigenvalue weighted by atomic mass is 10.1. The van der Waals surface area contributed by atoms with Crippen LogP contribution in [0.4, 0.5) is 10.5 Å². The van der Waals surface area contributed by atoms with Crippen molar-refractivity contribution in [2.75, 3.05) is 7.11 Å². The number of nitro benzene ring substituents is 1. The molecule has 0 bridgehead atoms. The van der Waals surface area contributed by atoms with Gasteiger partial charge in [0.05, 0.1) is 12.0 Å². The molecule has 4 amide bonds. The van der Waals surface area contributed by atoms with E-state index in [-0.39, 0.29) is 23.6 Å². The number of ether oxygens (including phenoxy) is 2. The van der Waals surface area contributed by atoms with Crippen LogP contribution in [0.1, 0.15) is 11.1 Å². The Kier molecular flexibility index (Phi) is 5.54. The number of nitrogens with zero attached hydrogens (tertiary/aromatic N) is 1. The van der Waals surface area contributed by atoms with Crippen molar-refractivity contribution in [3.63, 3.8) is 0 Å². The third-order valence-corrected chi connectivity index (χ3v) is 4.00. The van der Waals surface area contributed by atoms with Gasteiger partial charge in [0, 0.05) is 17.7 Å². The number of benzene rings is 2. The highest BCUT2D eigenvalue weighted by molar-refractivity contribution is 6.31. The van der Waals surface area contributed by atoms with Crippen molar-refractivity contribution in [2.45, 2.75) is 6.61 Å². The highest BCUT2D eigenvalue weighted by Crippen LogP contribution is 2.33. The molecule has 10 heteroatoms. The summed E-state index contributed by atoms with van der Waals surface area (Å²) in [5.74, 6) is -1.04. The number of para-hydroxylation sites is 1. The molecule has 0 radical (unpaired) electrons. The molecule has 1 saturated heterocycles. The van der Waals surface area contributed by atoms with Crippen LogP contribution >= 0.6 is 0 Å². The fraction of sp³-hybridized carbons (Fsp3) is 0.105. The molecule has 0 unspecified atom stereocenters. The summed E-state index contributed by atoms with van der Waals surface area (Å²) in [5.41, 5.74) is 0.734. The van der Waals surface area contributed by atoms with Gasteiger partial charge < -0.3 is 9.47 Å². The molecular formula is C19H15N3O7. The first-order chi connectivity index (χ1) is 13.9. The van der Waals surface area contributed by atoms with Crippen molar-refractivity contribution in [1.82, 2.24) is 10.6 Å². The Bertz CT molecular complexity index is 1010. The number of nitro groups is 1. The lowest BCUT2D eigenvalue weighted by molar-refractivity contribution is -0.384. The van der Waals surface area contributed by atoms with E-state index in [9.17, 15) is 24.5 Å². The Morgan fingerprint density at radius 2 is 1.69 bits per heavy atom. The predicted octanol–water partition coefficient (Wildman–Crippen LogP) is 1.93. The maximum atomic E-state index is 12.0. The largest absolute Gasteiger partial charge is 0.493 e. The van der Waals surface area contributed by atoms with Crippen molar-refractivity contribution in [3.8, 4) is 11.5 Å². The molecule has 2 aromatic carbocycles. The number of carbonyl (C=O) groups excluding carboxylic acids is 3. The number of carbonyl (C=O) groups is 3. The number of rotatable bonds is 6. The second kappa shape index (κ2) is 8.21. The van der Waals surface area contributed by atoms with Gasteiger partial charge in [-0.2, -0.15) is 0 Å². The SMILES string of the molecule is COc1cccc(C=C2C(=O)NC(=O)NC2=O)c1OCc1ccc([N+](=O)[O-])cc1. The summed E-state index contributed by atoms with van der Waals surface area (Å²) in [6.07, 6.45) is 1.28. The predicted molar refractivity (Wildman–Crippen MR) is 100 cm³/mol. The van der Waals surface area contributed by atoms with E-state index in [1.54, 1.807) is 30.3 Å². The number of imide groups is 2. The molecule has 29 heavy (non-hydrogen) atoms. The minimum absolute atomic E-state index is 0.0414.